The Morgan fingerprint density at radius 1 is 0.500 bits per heavy atom. The van der Waals surface area contributed by atoms with Gasteiger partial charge >= 0.3 is 17.9 Å². The van der Waals surface area contributed by atoms with Crippen LogP contribution in [-0.2, 0) is 38.1 Å². The number of esters is 3. The van der Waals surface area contributed by atoms with Gasteiger partial charge < -0.3 is 29.0 Å². The molecular formula is C42H77NO9. The van der Waals surface area contributed by atoms with Crippen LogP contribution in [0, 0.1) is 0 Å². The van der Waals surface area contributed by atoms with Crippen molar-refractivity contribution < 1.29 is 43.2 Å². The number of unbranched alkanes of at least 4 members (excludes halogenated alkanes) is 23. The number of aliphatic hydroxyl groups excluding tert-OH is 1. The Hall–Kier alpha value is -2.20. The van der Waals surface area contributed by atoms with Crippen LogP contribution in [0.2, 0.25) is 0 Å². The average Bonchev–Trinajstić information content (AvgIpc) is 3.10. The molecule has 0 spiro atoms. The summed E-state index contributed by atoms with van der Waals surface area (Å²) in [5.74, 6) is -2.15. The second kappa shape index (κ2) is 31.2. The van der Waals surface area contributed by atoms with E-state index in [0.717, 1.165) is 51.4 Å². The number of carbonyl (C=O) groups excluding carboxylic acids is 4. The molecule has 0 unspecified atom stereocenters. The van der Waals surface area contributed by atoms with Gasteiger partial charge in [0.2, 0.25) is 5.91 Å². The number of aliphatic hydroxyl groups is 1. The van der Waals surface area contributed by atoms with Crippen LogP contribution >= 0.6 is 0 Å². The van der Waals surface area contributed by atoms with Crippen molar-refractivity contribution in [3.8, 4) is 0 Å². The zero-order chi connectivity index (χ0) is 38.4. The monoisotopic (exact) mass is 740 g/mol. The number of carbonyl (C=O) groups is 4. The molecular weight excluding hydrogens is 662 g/mol. The fourth-order valence-electron chi connectivity index (χ4n) is 7.22. The Balaban J connectivity index is 2.82. The predicted molar refractivity (Wildman–Crippen MR) is 206 cm³/mol. The van der Waals surface area contributed by atoms with E-state index < -0.39 is 55.2 Å². The van der Waals surface area contributed by atoms with E-state index in [9.17, 15) is 24.3 Å². The molecule has 1 aliphatic heterocycles. The van der Waals surface area contributed by atoms with Crippen LogP contribution in [0.1, 0.15) is 202 Å². The quantitative estimate of drug-likeness (QED) is 0.0407. The summed E-state index contributed by atoms with van der Waals surface area (Å²) in [5, 5.41) is 10.3. The molecule has 52 heavy (non-hydrogen) atoms. The van der Waals surface area contributed by atoms with Gasteiger partial charge in [-0.15, -0.1) is 0 Å². The average molecular weight is 740 g/mol. The predicted octanol–water partition coefficient (Wildman–Crippen LogP) is 9.51. The summed E-state index contributed by atoms with van der Waals surface area (Å²) >= 11 is 0. The van der Waals surface area contributed by atoms with E-state index in [4.69, 9.17) is 18.9 Å². The normalized spacial score (nSPS) is 20.0. The number of amides is 1. The molecule has 10 nitrogen and oxygen atoms in total. The molecule has 0 aromatic heterocycles. The third kappa shape index (κ3) is 22.1. The largest absolute Gasteiger partial charge is 0.456 e. The van der Waals surface area contributed by atoms with Crippen LogP contribution in [0.5, 0.6) is 0 Å². The third-order valence-corrected chi connectivity index (χ3v) is 10.1. The molecule has 1 fully saturated rings. The number of hydrogen-bond donors (Lipinski definition) is 1. The smallest absolute Gasteiger partial charge is 0.303 e. The molecule has 1 aliphatic rings. The minimum atomic E-state index is -1.27. The zero-order valence-corrected chi connectivity index (χ0v) is 33.8. The molecule has 0 radical (unpaired) electrons. The Kier molecular flexibility index (Phi) is 28.7. The van der Waals surface area contributed by atoms with Crippen LogP contribution in [0.15, 0.2) is 0 Å². The first-order valence-electron chi connectivity index (χ1n) is 21.2. The van der Waals surface area contributed by atoms with Gasteiger partial charge in [0.15, 0.2) is 24.5 Å². The lowest BCUT2D eigenvalue weighted by Gasteiger charge is -2.47. The van der Waals surface area contributed by atoms with E-state index in [1.807, 2.05) is 0 Å². The number of ether oxygens (including phenoxy) is 4. The third-order valence-electron chi connectivity index (χ3n) is 10.1. The number of rotatable bonds is 32. The van der Waals surface area contributed by atoms with Gasteiger partial charge in [-0.1, -0.05) is 162 Å². The minimum Gasteiger partial charge on any atom is -0.456 e. The van der Waals surface area contributed by atoms with E-state index in [1.54, 1.807) is 4.90 Å². The highest BCUT2D eigenvalue weighted by atomic mass is 16.7. The van der Waals surface area contributed by atoms with Crippen molar-refractivity contribution >= 4 is 23.8 Å². The highest BCUT2D eigenvalue weighted by Crippen LogP contribution is 2.31. The Morgan fingerprint density at radius 3 is 1.23 bits per heavy atom. The van der Waals surface area contributed by atoms with E-state index >= 15 is 0 Å². The first kappa shape index (κ1) is 47.8. The van der Waals surface area contributed by atoms with Gasteiger partial charge in [0.05, 0.1) is 6.61 Å². The summed E-state index contributed by atoms with van der Waals surface area (Å²) in [4.78, 5) is 52.1. The standard InChI is InChI=1S/C42H77NO9/c1-6-8-10-12-14-16-17-18-19-20-21-22-24-26-28-30-32-43(38(48)31-29-27-25-23-15-13-11-9-7-2)42-41(51-36(5)47)40(50-35(4)46)39(49-34(3)45)37(33-44)52-42/h37,39-42,44H,6-33H2,1-5H3/t37-,39-,40+,41-,42-/m1/s1. The molecule has 0 aromatic rings. The summed E-state index contributed by atoms with van der Waals surface area (Å²) in [6.45, 7) is 7.91. The van der Waals surface area contributed by atoms with Gasteiger partial charge in [-0.25, -0.2) is 0 Å². The molecule has 1 N–H and O–H groups in total. The maximum absolute atomic E-state index is 13.9. The van der Waals surface area contributed by atoms with Gasteiger partial charge in [-0.2, -0.15) is 0 Å². The van der Waals surface area contributed by atoms with Crippen molar-refractivity contribution in [2.45, 2.75) is 232 Å². The number of nitrogens with zero attached hydrogens (tertiary/aromatic N) is 1. The van der Waals surface area contributed by atoms with Gasteiger partial charge in [-0.05, 0) is 12.8 Å². The van der Waals surface area contributed by atoms with Crippen LogP contribution in [-0.4, -0.2) is 77.6 Å². The van der Waals surface area contributed by atoms with Crippen molar-refractivity contribution in [2.75, 3.05) is 13.2 Å². The fourth-order valence-corrected chi connectivity index (χ4v) is 7.22. The van der Waals surface area contributed by atoms with Gasteiger partial charge in [-0.3, -0.25) is 19.2 Å². The molecule has 10 heteroatoms. The van der Waals surface area contributed by atoms with Crippen LogP contribution in [0.4, 0.5) is 0 Å². The van der Waals surface area contributed by atoms with Gasteiger partial charge in [0, 0.05) is 33.7 Å². The Labute approximate surface area is 316 Å². The lowest BCUT2D eigenvalue weighted by atomic mass is 9.96. The zero-order valence-electron chi connectivity index (χ0n) is 33.8. The molecule has 1 saturated heterocycles. The SMILES string of the molecule is CCCCCCCCCCCCCCCCCCN(C(=O)CCCCCCCCCCC)[C@@H]1O[C@H](CO)[C@@H](OC(C)=O)[C@H](OC(C)=O)[C@H]1OC(C)=O. The molecule has 1 heterocycles. The summed E-state index contributed by atoms with van der Waals surface area (Å²) < 4.78 is 22.9. The van der Waals surface area contributed by atoms with E-state index in [1.165, 1.54) is 130 Å². The van der Waals surface area contributed by atoms with Gasteiger partial charge in [0.1, 0.15) is 6.10 Å². The summed E-state index contributed by atoms with van der Waals surface area (Å²) in [7, 11) is 0. The minimum absolute atomic E-state index is 0.143. The summed E-state index contributed by atoms with van der Waals surface area (Å²) in [5.41, 5.74) is 0. The van der Waals surface area contributed by atoms with Crippen molar-refractivity contribution in [3.63, 3.8) is 0 Å². The van der Waals surface area contributed by atoms with E-state index in [2.05, 4.69) is 13.8 Å². The molecule has 1 amide bonds. The Morgan fingerprint density at radius 2 is 0.846 bits per heavy atom. The maximum atomic E-state index is 13.9. The topological polar surface area (TPSA) is 129 Å². The first-order valence-corrected chi connectivity index (χ1v) is 21.2. The molecule has 0 aromatic carbocycles. The molecule has 304 valence electrons. The second-order valence-corrected chi connectivity index (χ2v) is 14.9. The van der Waals surface area contributed by atoms with Crippen molar-refractivity contribution in [3.05, 3.63) is 0 Å². The molecule has 1 rings (SSSR count). The molecule has 0 saturated carbocycles. The van der Waals surface area contributed by atoms with Crippen molar-refractivity contribution in [1.29, 1.82) is 0 Å². The summed E-state index contributed by atoms with van der Waals surface area (Å²) in [6.07, 6.45) is 24.3. The molecule has 0 bridgehead atoms. The van der Waals surface area contributed by atoms with Crippen LogP contribution in [0.3, 0.4) is 0 Å². The lowest BCUT2D eigenvalue weighted by Crippen LogP contribution is -2.66. The van der Waals surface area contributed by atoms with Crippen LogP contribution in [0.25, 0.3) is 0 Å². The van der Waals surface area contributed by atoms with E-state index in [-0.39, 0.29) is 5.91 Å². The fraction of sp³-hybridized carbons (Fsp3) is 0.905. The summed E-state index contributed by atoms with van der Waals surface area (Å²) in [6, 6.07) is 0. The maximum Gasteiger partial charge on any atom is 0.303 e. The number of hydrogen-bond acceptors (Lipinski definition) is 9. The highest BCUT2D eigenvalue weighted by Gasteiger charge is 2.54. The molecule has 5 atom stereocenters. The molecule has 0 aliphatic carbocycles. The highest BCUT2D eigenvalue weighted by molar-refractivity contribution is 5.76. The van der Waals surface area contributed by atoms with Crippen LogP contribution < -0.4 is 0 Å². The lowest BCUT2D eigenvalue weighted by molar-refractivity contribution is -0.275. The Bertz CT molecular complexity index is 944. The van der Waals surface area contributed by atoms with E-state index in [0.29, 0.717) is 13.0 Å². The van der Waals surface area contributed by atoms with Crippen molar-refractivity contribution in [1.82, 2.24) is 4.90 Å². The van der Waals surface area contributed by atoms with Crippen molar-refractivity contribution in [2.24, 2.45) is 0 Å². The first-order chi connectivity index (χ1) is 25.2. The van der Waals surface area contributed by atoms with Gasteiger partial charge in [0.25, 0.3) is 0 Å². The second-order valence-electron chi connectivity index (χ2n) is 14.9.